The van der Waals surface area contributed by atoms with Gasteiger partial charge in [0.1, 0.15) is 0 Å². The lowest BCUT2D eigenvalue weighted by Gasteiger charge is -2.05. The number of amides is 2. The maximum absolute atomic E-state index is 11.1. The van der Waals surface area contributed by atoms with Crippen LogP contribution in [0, 0.1) is 12.3 Å². The lowest BCUT2D eigenvalue weighted by atomic mass is 10.1. The number of nitrogens with one attached hydrogen (secondary N) is 2. The maximum atomic E-state index is 11.1. The standard InChI is InChI=1S/C12H14N2O/c1-2-9-13-12(15)14-10-8-11-6-4-3-5-7-11/h1,3-7H,8-10H2,(H2,13,14,15). The van der Waals surface area contributed by atoms with Crippen LogP contribution in [0.5, 0.6) is 0 Å². The molecule has 0 bridgehead atoms. The van der Waals surface area contributed by atoms with Crippen LogP contribution >= 0.6 is 0 Å². The average molecular weight is 202 g/mol. The van der Waals surface area contributed by atoms with E-state index in [1.165, 1.54) is 5.56 Å². The van der Waals surface area contributed by atoms with Crippen molar-refractivity contribution in [2.45, 2.75) is 6.42 Å². The lowest BCUT2D eigenvalue weighted by Crippen LogP contribution is -2.36. The van der Waals surface area contributed by atoms with Crippen LogP contribution in [-0.4, -0.2) is 19.1 Å². The van der Waals surface area contributed by atoms with Crippen molar-refractivity contribution < 1.29 is 4.79 Å². The van der Waals surface area contributed by atoms with Gasteiger partial charge < -0.3 is 10.6 Å². The molecule has 3 heteroatoms. The Hall–Kier alpha value is -1.95. The van der Waals surface area contributed by atoms with Gasteiger partial charge in [-0.1, -0.05) is 36.3 Å². The van der Waals surface area contributed by atoms with Gasteiger partial charge in [-0.05, 0) is 12.0 Å². The van der Waals surface area contributed by atoms with Gasteiger partial charge in [-0.15, -0.1) is 6.42 Å². The molecule has 0 aliphatic heterocycles. The Morgan fingerprint density at radius 1 is 1.27 bits per heavy atom. The molecule has 0 spiro atoms. The molecule has 0 atom stereocenters. The van der Waals surface area contributed by atoms with Crippen LogP contribution in [0.2, 0.25) is 0 Å². The normalized spacial score (nSPS) is 9.00. The third-order valence-corrected chi connectivity index (χ3v) is 1.89. The third-order valence-electron chi connectivity index (χ3n) is 1.89. The van der Waals surface area contributed by atoms with E-state index >= 15 is 0 Å². The second kappa shape index (κ2) is 6.50. The van der Waals surface area contributed by atoms with Crippen molar-refractivity contribution >= 4 is 6.03 Å². The Balaban J connectivity index is 2.17. The van der Waals surface area contributed by atoms with Crippen LogP contribution in [0.4, 0.5) is 4.79 Å². The van der Waals surface area contributed by atoms with E-state index in [-0.39, 0.29) is 12.6 Å². The van der Waals surface area contributed by atoms with Crippen molar-refractivity contribution in [2.24, 2.45) is 0 Å². The highest BCUT2D eigenvalue weighted by Gasteiger charge is 1.97. The number of hydrogen-bond acceptors (Lipinski definition) is 1. The Kier molecular flexibility index (Phi) is 4.82. The summed E-state index contributed by atoms with van der Waals surface area (Å²) in [5, 5.41) is 5.25. The summed E-state index contributed by atoms with van der Waals surface area (Å²) in [5.41, 5.74) is 1.20. The maximum Gasteiger partial charge on any atom is 0.315 e. The molecule has 0 heterocycles. The SMILES string of the molecule is C#CCNC(=O)NCCc1ccccc1. The Bertz CT molecular complexity index is 340. The van der Waals surface area contributed by atoms with Gasteiger partial charge in [0.15, 0.2) is 0 Å². The molecule has 0 fully saturated rings. The molecule has 0 radical (unpaired) electrons. The van der Waals surface area contributed by atoms with Crippen LogP contribution in [0.1, 0.15) is 5.56 Å². The molecule has 0 aliphatic carbocycles. The quantitative estimate of drug-likeness (QED) is 0.707. The van der Waals surface area contributed by atoms with E-state index in [9.17, 15) is 4.79 Å². The van der Waals surface area contributed by atoms with Crippen LogP contribution in [0.3, 0.4) is 0 Å². The van der Waals surface area contributed by atoms with Crippen LogP contribution < -0.4 is 10.6 Å². The summed E-state index contributed by atoms with van der Waals surface area (Å²) >= 11 is 0. The average Bonchev–Trinajstić information content (AvgIpc) is 2.28. The first-order valence-electron chi connectivity index (χ1n) is 4.82. The summed E-state index contributed by atoms with van der Waals surface area (Å²) in [5.74, 6) is 2.33. The fourth-order valence-electron chi connectivity index (χ4n) is 1.16. The molecule has 0 unspecified atom stereocenters. The zero-order valence-electron chi connectivity index (χ0n) is 8.49. The first kappa shape index (κ1) is 11.1. The largest absolute Gasteiger partial charge is 0.338 e. The highest BCUT2D eigenvalue weighted by Crippen LogP contribution is 1.97. The summed E-state index contributed by atoms with van der Waals surface area (Å²) in [6.45, 7) is 0.873. The predicted molar refractivity (Wildman–Crippen MR) is 60.4 cm³/mol. The number of rotatable bonds is 4. The van der Waals surface area contributed by atoms with Crippen molar-refractivity contribution in [3.05, 3.63) is 35.9 Å². The lowest BCUT2D eigenvalue weighted by molar-refractivity contribution is 0.242. The fourth-order valence-corrected chi connectivity index (χ4v) is 1.16. The molecular formula is C12H14N2O. The molecule has 1 aromatic rings. The van der Waals surface area contributed by atoms with Gasteiger partial charge in [0.25, 0.3) is 0 Å². The molecule has 0 aromatic heterocycles. The molecule has 0 saturated carbocycles. The first-order chi connectivity index (χ1) is 7.33. The van der Waals surface area contributed by atoms with E-state index in [0.717, 1.165) is 6.42 Å². The van der Waals surface area contributed by atoms with Gasteiger partial charge in [-0.2, -0.15) is 0 Å². The van der Waals surface area contributed by atoms with Crippen molar-refractivity contribution in [1.82, 2.24) is 10.6 Å². The Morgan fingerprint density at radius 3 is 2.67 bits per heavy atom. The monoisotopic (exact) mass is 202 g/mol. The minimum Gasteiger partial charge on any atom is -0.338 e. The highest BCUT2D eigenvalue weighted by atomic mass is 16.2. The van der Waals surface area contributed by atoms with Gasteiger partial charge in [-0.3, -0.25) is 0 Å². The molecule has 2 amide bonds. The van der Waals surface area contributed by atoms with Gasteiger partial charge in [0, 0.05) is 6.54 Å². The number of carbonyl (C=O) groups excluding carboxylic acids is 1. The van der Waals surface area contributed by atoms with E-state index in [0.29, 0.717) is 6.54 Å². The molecule has 2 N–H and O–H groups in total. The first-order valence-corrected chi connectivity index (χ1v) is 4.82. The number of terminal acetylenes is 1. The van der Waals surface area contributed by atoms with Crippen molar-refractivity contribution in [2.75, 3.05) is 13.1 Å². The molecule has 78 valence electrons. The zero-order valence-corrected chi connectivity index (χ0v) is 8.49. The summed E-state index contributed by atoms with van der Waals surface area (Å²) in [4.78, 5) is 11.1. The van der Waals surface area contributed by atoms with E-state index in [1.807, 2.05) is 30.3 Å². The van der Waals surface area contributed by atoms with Crippen molar-refractivity contribution in [1.29, 1.82) is 0 Å². The number of benzene rings is 1. The summed E-state index contributed by atoms with van der Waals surface area (Å²) in [7, 11) is 0. The predicted octanol–water partition coefficient (Wildman–Crippen LogP) is 1.16. The van der Waals surface area contributed by atoms with E-state index in [2.05, 4.69) is 16.6 Å². The van der Waals surface area contributed by atoms with Crippen LogP contribution in [0.25, 0.3) is 0 Å². The minimum absolute atomic E-state index is 0.219. The smallest absolute Gasteiger partial charge is 0.315 e. The van der Waals surface area contributed by atoms with Gasteiger partial charge in [-0.25, -0.2) is 4.79 Å². The molecule has 3 nitrogen and oxygen atoms in total. The van der Waals surface area contributed by atoms with E-state index < -0.39 is 0 Å². The van der Waals surface area contributed by atoms with Crippen molar-refractivity contribution in [3.8, 4) is 12.3 Å². The van der Waals surface area contributed by atoms with E-state index in [1.54, 1.807) is 0 Å². The number of carbonyl (C=O) groups is 1. The molecular weight excluding hydrogens is 188 g/mol. The summed E-state index contributed by atoms with van der Waals surface area (Å²) in [6.07, 6.45) is 5.83. The van der Waals surface area contributed by atoms with Gasteiger partial charge in [0.2, 0.25) is 0 Å². The zero-order chi connectivity index (χ0) is 10.9. The highest BCUT2D eigenvalue weighted by molar-refractivity contribution is 5.74. The van der Waals surface area contributed by atoms with Crippen LogP contribution in [0.15, 0.2) is 30.3 Å². The Labute approximate surface area is 89.9 Å². The Morgan fingerprint density at radius 2 is 2.00 bits per heavy atom. The third kappa shape index (κ3) is 4.72. The van der Waals surface area contributed by atoms with Gasteiger partial charge in [0.05, 0.1) is 6.54 Å². The fraction of sp³-hybridized carbons (Fsp3) is 0.250. The molecule has 1 rings (SSSR count). The molecule has 0 saturated heterocycles. The topological polar surface area (TPSA) is 41.1 Å². The minimum atomic E-state index is -0.219. The number of urea groups is 1. The van der Waals surface area contributed by atoms with Crippen LogP contribution in [-0.2, 0) is 6.42 Å². The molecule has 1 aromatic carbocycles. The summed E-state index contributed by atoms with van der Waals surface area (Å²) < 4.78 is 0. The number of hydrogen-bond donors (Lipinski definition) is 2. The van der Waals surface area contributed by atoms with Gasteiger partial charge >= 0.3 is 6.03 Å². The molecule has 15 heavy (non-hydrogen) atoms. The molecule has 0 aliphatic rings. The summed E-state index contributed by atoms with van der Waals surface area (Å²) in [6, 6.07) is 9.77. The van der Waals surface area contributed by atoms with E-state index in [4.69, 9.17) is 6.42 Å². The second-order valence-electron chi connectivity index (χ2n) is 3.05. The second-order valence-corrected chi connectivity index (χ2v) is 3.05. The van der Waals surface area contributed by atoms with Crippen molar-refractivity contribution in [3.63, 3.8) is 0 Å².